The van der Waals surface area contributed by atoms with Crippen LogP contribution in [0.25, 0.3) is 0 Å². The molecule has 0 amide bonds. The highest BCUT2D eigenvalue weighted by molar-refractivity contribution is 8.93. The highest BCUT2D eigenvalue weighted by Gasteiger charge is 2.31. The summed E-state index contributed by atoms with van der Waals surface area (Å²) in [7, 11) is 0. The molecule has 6 nitrogen and oxygen atoms in total. The molecule has 104 valence electrons. The molecule has 8 heteroatoms. The summed E-state index contributed by atoms with van der Waals surface area (Å²) in [6.45, 7) is 3.53. The van der Waals surface area contributed by atoms with E-state index in [-0.39, 0.29) is 45.8 Å². The van der Waals surface area contributed by atoms with Crippen LogP contribution in [-0.2, 0) is 0 Å². The lowest BCUT2D eigenvalue weighted by Gasteiger charge is -2.32. The van der Waals surface area contributed by atoms with Gasteiger partial charge in [0.15, 0.2) is 11.5 Å². The molecule has 1 saturated heterocycles. The summed E-state index contributed by atoms with van der Waals surface area (Å²) in [4.78, 5) is 26.7. The Morgan fingerprint density at radius 1 is 1.16 bits per heavy atom. The first-order chi connectivity index (χ1) is 8.36. The number of Topliss-reactive ketones (excluding diaryl/α,β-unsaturated/α-hetero) is 1. The van der Waals surface area contributed by atoms with E-state index in [0.29, 0.717) is 11.5 Å². The Balaban J connectivity index is 0.000000902. The normalized spacial score (nSPS) is 22.1. The molecule has 1 aromatic rings. The van der Waals surface area contributed by atoms with E-state index in [9.17, 15) is 4.79 Å². The van der Waals surface area contributed by atoms with Crippen molar-refractivity contribution >= 4 is 51.8 Å². The first-order valence-corrected chi connectivity index (χ1v) is 5.70. The molecule has 0 aliphatic carbocycles. The van der Waals surface area contributed by atoms with E-state index in [2.05, 4.69) is 25.2 Å². The monoisotopic (exact) mass is 391 g/mol. The second-order valence-electron chi connectivity index (χ2n) is 4.10. The average Bonchev–Trinajstić information content (AvgIpc) is 2.40. The van der Waals surface area contributed by atoms with Gasteiger partial charge in [0.2, 0.25) is 5.78 Å². The predicted octanol–water partition coefficient (Wildman–Crippen LogP) is 0.805. The zero-order valence-electron chi connectivity index (χ0n) is 10.2. The van der Waals surface area contributed by atoms with Crippen LogP contribution in [0.15, 0.2) is 17.4 Å². The minimum Gasteiger partial charge on any atom is -0.314 e. The molecule has 0 saturated carbocycles. The van der Waals surface area contributed by atoms with Gasteiger partial charge in [0.1, 0.15) is 6.04 Å². The number of ketones is 1. The van der Waals surface area contributed by atoms with E-state index in [4.69, 9.17) is 0 Å². The van der Waals surface area contributed by atoms with Crippen molar-refractivity contribution in [3.63, 3.8) is 0 Å². The van der Waals surface area contributed by atoms with Crippen molar-refractivity contribution in [2.24, 2.45) is 4.99 Å². The van der Waals surface area contributed by atoms with Crippen LogP contribution >= 0.6 is 34.0 Å². The van der Waals surface area contributed by atoms with Crippen molar-refractivity contribution in [2.75, 3.05) is 26.2 Å². The van der Waals surface area contributed by atoms with E-state index in [1.165, 1.54) is 6.20 Å². The van der Waals surface area contributed by atoms with Crippen molar-refractivity contribution < 1.29 is 4.79 Å². The third-order valence-electron chi connectivity index (χ3n) is 3.06. The van der Waals surface area contributed by atoms with Gasteiger partial charge in [-0.25, -0.2) is 15.0 Å². The maximum Gasteiger partial charge on any atom is 0.207 e. The van der Waals surface area contributed by atoms with E-state index >= 15 is 0 Å². The molecule has 1 fully saturated rings. The fraction of sp³-hybridized carbons (Fsp3) is 0.455. The van der Waals surface area contributed by atoms with Crippen LogP contribution in [-0.4, -0.2) is 59.1 Å². The van der Waals surface area contributed by atoms with Crippen molar-refractivity contribution in [3.8, 4) is 0 Å². The fourth-order valence-electron chi connectivity index (χ4n) is 2.17. The SMILES string of the molecule is Br.Br.O=C1c2nccnc2N=CC1N1CCNCC1. The Labute approximate surface area is 132 Å². The molecule has 2 aliphatic heterocycles. The molecule has 1 atom stereocenters. The Bertz CT molecular complexity index is 476. The van der Waals surface area contributed by atoms with Gasteiger partial charge in [0, 0.05) is 44.8 Å². The van der Waals surface area contributed by atoms with Gasteiger partial charge in [-0.05, 0) is 0 Å². The number of carbonyl (C=O) groups is 1. The summed E-state index contributed by atoms with van der Waals surface area (Å²) in [5.74, 6) is 0.439. The first-order valence-electron chi connectivity index (χ1n) is 5.70. The maximum atomic E-state index is 12.3. The quantitative estimate of drug-likeness (QED) is 0.765. The number of nitrogens with zero attached hydrogens (tertiary/aromatic N) is 4. The lowest BCUT2D eigenvalue weighted by molar-refractivity contribution is 0.0868. The number of aliphatic imine (C=N–C) groups is 1. The number of halogens is 2. The summed E-state index contributed by atoms with van der Waals surface area (Å²) in [5.41, 5.74) is 0.388. The van der Waals surface area contributed by atoms with Crippen LogP contribution in [0.4, 0.5) is 5.82 Å². The molecule has 1 N–H and O–H groups in total. The van der Waals surface area contributed by atoms with E-state index in [1.54, 1.807) is 12.4 Å². The van der Waals surface area contributed by atoms with Gasteiger partial charge in [0.05, 0.1) is 0 Å². The van der Waals surface area contributed by atoms with Crippen molar-refractivity contribution in [3.05, 3.63) is 18.1 Å². The summed E-state index contributed by atoms with van der Waals surface area (Å²) < 4.78 is 0. The molecule has 19 heavy (non-hydrogen) atoms. The van der Waals surface area contributed by atoms with Crippen molar-refractivity contribution in [1.82, 2.24) is 20.2 Å². The molecule has 1 aromatic heterocycles. The number of fused-ring (bicyclic) bond motifs is 1. The fourth-order valence-corrected chi connectivity index (χ4v) is 2.17. The topological polar surface area (TPSA) is 70.5 Å². The smallest absolute Gasteiger partial charge is 0.207 e. The van der Waals surface area contributed by atoms with E-state index in [1.807, 2.05) is 0 Å². The van der Waals surface area contributed by atoms with Crippen LogP contribution in [0.1, 0.15) is 10.5 Å². The zero-order chi connectivity index (χ0) is 11.7. The number of carbonyl (C=O) groups excluding carboxylic acids is 1. The van der Waals surface area contributed by atoms with Gasteiger partial charge in [-0.15, -0.1) is 34.0 Å². The van der Waals surface area contributed by atoms with Gasteiger partial charge >= 0.3 is 0 Å². The number of nitrogens with one attached hydrogen (secondary N) is 1. The summed E-state index contributed by atoms with van der Waals surface area (Å²) >= 11 is 0. The van der Waals surface area contributed by atoms with Crippen LogP contribution in [0.5, 0.6) is 0 Å². The molecular weight excluding hydrogens is 378 g/mol. The molecule has 0 spiro atoms. The third-order valence-corrected chi connectivity index (χ3v) is 3.06. The predicted molar refractivity (Wildman–Crippen MR) is 83.4 cm³/mol. The number of rotatable bonds is 1. The van der Waals surface area contributed by atoms with Crippen LogP contribution in [0, 0.1) is 0 Å². The zero-order valence-corrected chi connectivity index (χ0v) is 13.6. The minimum absolute atomic E-state index is 0. The third kappa shape index (κ3) is 3.25. The van der Waals surface area contributed by atoms with Gasteiger partial charge in [-0.1, -0.05) is 0 Å². The maximum absolute atomic E-state index is 12.3. The summed E-state index contributed by atoms with van der Waals surface area (Å²) in [5, 5.41) is 3.26. The number of hydrogen-bond donors (Lipinski definition) is 1. The molecule has 1 unspecified atom stereocenters. The second-order valence-corrected chi connectivity index (χ2v) is 4.10. The molecule has 2 aliphatic rings. The number of piperazine rings is 1. The molecule has 3 heterocycles. The molecule has 0 aromatic carbocycles. The van der Waals surface area contributed by atoms with Gasteiger partial charge < -0.3 is 5.32 Å². The largest absolute Gasteiger partial charge is 0.314 e. The second kappa shape index (κ2) is 7.18. The van der Waals surface area contributed by atoms with Gasteiger partial charge in [-0.2, -0.15) is 0 Å². The average molecular weight is 393 g/mol. The minimum atomic E-state index is -0.277. The van der Waals surface area contributed by atoms with Crippen molar-refractivity contribution in [1.29, 1.82) is 0 Å². The lowest BCUT2D eigenvalue weighted by atomic mass is 10.1. The summed E-state index contributed by atoms with van der Waals surface area (Å²) in [6.07, 6.45) is 4.77. The van der Waals surface area contributed by atoms with E-state index in [0.717, 1.165) is 26.2 Å². The van der Waals surface area contributed by atoms with E-state index < -0.39 is 0 Å². The first kappa shape index (κ1) is 16.4. The van der Waals surface area contributed by atoms with Gasteiger partial charge in [0.25, 0.3) is 0 Å². The van der Waals surface area contributed by atoms with Crippen LogP contribution in [0.2, 0.25) is 0 Å². The highest BCUT2D eigenvalue weighted by atomic mass is 79.9. The Hall–Kier alpha value is -0.700. The Morgan fingerprint density at radius 2 is 1.84 bits per heavy atom. The molecule has 0 bridgehead atoms. The standard InChI is InChI=1S/C11H13N5O.2BrH/c17-10-8(16-5-3-12-4-6-16)7-15-11-9(10)13-1-2-14-11;;/h1-2,7-8,12H,3-6H2;2*1H. The van der Waals surface area contributed by atoms with Crippen LogP contribution < -0.4 is 5.32 Å². The summed E-state index contributed by atoms with van der Waals surface area (Å²) in [6, 6.07) is -0.277. The highest BCUT2D eigenvalue weighted by Crippen LogP contribution is 2.20. The van der Waals surface area contributed by atoms with Crippen LogP contribution in [0.3, 0.4) is 0 Å². The van der Waals surface area contributed by atoms with Gasteiger partial charge in [-0.3, -0.25) is 9.69 Å². The molecule has 0 radical (unpaired) electrons. The Kier molecular flexibility index (Phi) is 6.18. The number of hydrogen-bond acceptors (Lipinski definition) is 6. The molecular formula is C11H15Br2N5O. The molecule has 3 rings (SSSR count). The van der Waals surface area contributed by atoms with Crippen molar-refractivity contribution in [2.45, 2.75) is 6.04 Å². The number of aromatic nitrogens is 2. The lowest BCUT2D eigenvalue weighted by Crippen LogP contribution is -2.52. The Morgan fingerprint density at radius 3 is 2.58 bits per heavy atom.